The van der Waals surface area contributed by atoms with Gasteiger partial charge in [-0.1, -0.05) is 23.7 Å². The van der Waals surface area contributed by atoms with E-state index in [1.54, 1.807) is 51.2 Å². The topological polar surface area (TPSA) is 74.8 Å². The van der Waals surface area contributed by atoms with E-state index in [1.807, 2.05) is 0 Å². The molecule has 4 aromatic heterocycles. The summed E-state index contributed by atoms with van der Waals surface area (Å²) >= 11 is 6.53. The number of hydrogen-bond donors (Lipinski definition) is 0. The Bertz CT molecular complexity index is 1790. The highest BCUT2D eigenvalue weighted by molar-refractivity contribution is 6.31. The zero-order valence-corrected chi connectivity index (χ0v) is 22.3. The van der Waals surface area contributed by atoms with Crippen LogP contribution in [-0.2, 0) is 26.4 Å². The Hall–Kier alpha value is -4.25. The number of alkyl halides is 3. The second kappa shape index (κ2) is 10.4. The Morgan fingerprint density at radius 2 is 1.80 bits per heavy atom. The van der Waals surface area contributed by atoms with Gasteiger partial charge >= 0.3 is 6.18 Å². The molecule has 0 unspecified atom stereocenters. The van der Waals surface area contributed by atoms with Crippen LogP contribution in [-0.4, -0.2) is 24.3 Å². The first-order valence-corrected chi connectivity index (χ1v) is 12.4. The Labute approximate surface area is 230 Å². The molecular weight excluding hydrogens is 550 g/mol. The predicted molar refractivity (Wildman–Crippen MR) is 142 cm³/mol. The summed E-state index contributed by atoms with van der Waals surface area (Å²) in [5, 5.41) is 4.91. The molecule has 0 amide bonds. The molecule has 0 aliphatic carbocycles. The van der Waals surface area contributed by atoms with Gasteiger partial charge in [0, 0.05) is 41.1 Å². The quantitative estimate of drug-likeness (QED) is 0.225. The van der Waals surface area contributed by atoms with Crippen molar-refractivity contribution in [1.29, 1.82) is 0 Å². The summed E-state index contributed by atoms with van der Waals surface area (Å²) in [6.45, 7) is 3.10. The van der Waals surface area contributed by atoms with Crippen LogP contribution in [0.25, 0.3) is 22.2 Å². The minimum atomic E-state index is -4.79. The van der Waals surface area contributed by atoms with E-state index in [2.05, 4.69) is 15.1 Å². The van der Waals surface area contributed by atoms with Crippen LogP contribution in [0.3, 0.4) is 0 Å². The van der Waals surface area contributed by atoms with E-state index < -0.39 is 23.1 Å². The molecular formula is C28H22ClF4N5O2. The van der Waals surface area contributed by atoms with Gasteiger partial charge in [0.2, 0.25) is 0 Å². The van der Waals surface area contributed by atoms with E-state index in [-0.39, 0.29) is 23.9 Å². The van der Waals surface area contributed by atoms with Crippen LogP contribution < -0.4 is 10.3 Å². The minimum absolute atomic E-state index is 0.112. The fourth-order valence-corrected chi connectivity index (χ4v) is 4.89. The van der Waals surface area contributed by atoms with Crippen molar-refractivity contribution in [2.45, 2.75) is 33.2 Å². The SMILES string of the molecule is Cc1cc(Cl)c(COc2cccc3c(-c4c(F)cnn4C)cc(C)nc23)c(Cn2cccc(C(F)(F)F)c2=O)n1. The third-order valence-corrected chi connectivity index (χ3v) is 6.72. The first-order chi connectivity index (χ1) is 18.9. The van der Waals surface area contributed by atoms with Crippen LogP contribution in [0.4, 0.5) is 17.6 Å². The zero-order chi connectivity index (χ0) is 28.8. The molecule has 12 heteroatoms. The summed E-state index contributed by atoms with van der Waals surface area (Å²) in [4.78, 5) is 21.6. The fraction of sp³-hybridized carbons (Fsp3) is 0.214. The Balaban J connectivity index is 1.53. The van der Waals surface area contributed by atoms with Crippen LogP contribution >= 0.6 is 11.6 Å². The summed E-state index contributed by atoms with van der Waals surface area (Å²) in [5.74, 6) is -0.100. The maximum atomic E-state index is 14.6. The molecule has 206 valence electrons. The van der Waals surface area contributed by atoms with Crippen molar-refractivity contribution >= 4 is 22.5 Å². The largest absolute Gasteiger partial charge is 0.486 e. The van der Waals surface area contributed by atoms with Gasteiger partial charge < -0.3 is 9.30 Å². The molecule has 0 fully saturated rings. The van der Waals surface area contributed by atoms with E-state index in [9.17, 15) is 22.4 Å². The Morgan fingerprint density at radius 3 is 2.50 bits per heavy atom. The first-order valence-electron chi connectivity index (χ1n) is 12.1. The van der Waals surface area contributed by atoms with Crippen LogP contribution in [0, 0.1) is 19.7 Å². The van der Waals surface area contributed by atoms with Gasteiger partial charge in [0.15, 0.2) is 5.82 Å². The number of nitrogens with zero attached hydrogens (tertiary/aromatic N) is 5. The van der Waals surface area contributed by atoms with Gasteiger partial charge in [-0.05, 0) is 44.2 Å². The van der Waals surface area contributed by atoms with Gasteiger partial charge in [-0.25, -0.2) is 9.37 Å². The molecule has 1 aromatic carbocycles. The van der Waals surface area contributed by atoms with Gasteiger partial charge in [-0.15, -0.1) is 0 Å². The molecule has 0 saturated carbocycles. The molecule has 0 bridgehead atoms. The third-order valence-electron chi connectivity index (χ3n) is 6.38. The second-order valence-electron chi connectivity index (χ2n) is 9.24. The number of halogens is 5. The average Bonchev–Trinajstić information content (AvgIpc) is 3.21. The van der Waals surface area contributed by atoms with Crippen LogP contribution in [0.15, 0.2) is 59.7 Å². The summed E-state index contributed by atoms with van der Waals surface area (Å²) < 4.78 is 63.0. The number of para-hydroxylation sites is 1. The van der Waals surface area contributed by atoms with Crippen LogP contribution in [0.2, 0.25) is 5.02 Å². The van der Waals surface area contributed by atoms with Crippen molar-refractivity contribution in [2.24, 2.45) is 7.05 Å². The maximum Gasteiger partial charge on any atom is 0.421 e. The van der Waals surface area contributed by atoms with Crippen LogP contribution in [0.5, 0.6) is 5.75 Å². The zero-order valence-electron chi connectivity index (χ0n) is 21.6. The van der Waals surface area contributed by atoms with E-state index in [1.165, 1.54) is 10.9 Å². The number of rotatable bonds is 6. The van der Waals surface area contributed by atoms with Gasteiger partial charge in [-0.3, -0.25) is 14.5 Å². The molecule has 0 aliphatic rings. The molecule has 0 saturated heterocycles. The van der Waals surface area contributed by atoms with E-state index in [4.69, 9.17) is 16.3 Å². The lowest BCUT2D eigenvalue weighted by atomic mass is 10.0. The van der Waals surface area contributed by atoms with Gasteiger partial charge in [0.25, 0.3) is 5.56 Å². The first kappa shape index (κ1) is 27.3. The Morgan fingerprint density at radius 1 is 1.05 bits per heavy atom. The van der Waals surface area contributed by atoms with Gasteiger partial charge in [0.05, 0.1) is 23.5 Å². The monoisotopic (exact) mass is 571 g/mol. The molecule has 5 rings (SSSR count). The predicted octanol–water partition coefficient (Wildman–Crippen LogP) is 6.25. The smallest absolute Gasteiger partial charge is 0.421 e. The van der Waals surface area contributed by atoms with Gasteiger partial charge in [0.1, 0.15) is 29.1 Å². The van der Waals surface area contributed by atoms with Gasteiger partial charge in [-0.2, -0.15) is 18.3 Å². The lowest BCUT2D eigenvalue weighted by Gasteiger charge is -2.16. The molecule has 5 aromatic rings. The normalized spacial score (nSPS) is 11.8. The van der Waals surface area contributed by atoms with Crippen molar-refractivity contribution in [3.8, 4) is 17.0 Å². The molecule has 40 heavy (non-hydrogen) atoms. The van der Waals surface area contributed by atoms with Crippen LogP contribution in [0.1, 0.15) is 28.2 Å². The highest BCUT2D eigenvalue weighted by Gasteiger charge is 2.34. The average molecular weight is 572 g/mol. The second-order valence-corrected chi connectivity index (χ2v) is 9.65. The Kier molecular flexibility index (Phi) is 7.09. The molecule has 0 aliphatic heterocycles. The van der Waals surface area contributed by atoms with Crippen molar-refractivity contribution in [3.63, 3.8) is 0 Å². The molecule has 7 nitrogen and oxygen atoms in total. The fourth-order valence-electron chi connectivity index (χ4n) is 4.57. The highest BCUT2D eigenvalue weighted by atomic mass is 35.5. The minimum Gasteiger partial charge on any atom is -0.486 e. The number of hydrogen-bond acceptors (Lipinski definition) is 5. The number of aromatic nitrogens is 5. The molecule has 0 spiro atoms. The standard InChI is InChI=1S/C28H22ClF4N5O2/c1-15-10-18(26-22(30)12-34-37(26)3)17-6-4-8-24(25(17)36-15)40-14-19-21(29)11-16(2)35-23(19)13-38-9-5-7-20(27(38)39)28(31,32)33/h4-12H,13-14H2,1-3H3. The molecule has 0 atom stereocenters. The molecule has 4 heterocycles. The summed E-state index contributed by atoms with van der Waals surface area (Å²) in [6.07, 6.45) is -2.39. The van der Waals surface area contributed by atoms with Crippen molar-refractivity contribution in [2.75, 3.05) is 0 Å². The number of aryl methyl sites for hydroxylation is 3. The third kappa shape index (κ3) is 5.16. The number of pyridine rings is 3. The van der Waals surface area contributed by atoms with E-state index >= 15 is 0 Å². The summed E-state index contributed by atoms with van der Waals surface area (Å²) in [5.41, 5.74) is 0.733. The lowest BCUT2D eigenvalue weighted by molar-refractivity contribution is -0.138. The number of ether oxygens (including phenoxy) is 1. The summed E-state index contributed by atoms with van der Waals surface area (Å²) in [7, 11) is 1.64. The molecule has 0 N–H and O–H groups in total. The number of fused-ring (bicyclic) bond motifs is 1. The lowest BCUT2D eigenvalue weighted by Crippen LogP contribution is -2.29. The summed E-state index contributed by atoms with van der Waals surface area (Å²) in [6, 6.07) is 10.5. The highest BCUT2D eigenvalue weighted by Crippen LogP contribution is 2.35. The maximum absolute atomic E-state index is 14.6. The van der Waals surface area contributed by atoms with Crippen molar-refractivity contribution in [1.82, 2.24) is 24.3 Å². The molecule has 0 radical (unpaired) electrons. The van der Waals surface area contributed by atoms with E-state index in [0.717, 1.165) is 22.9 Å². The van der Waals surface area contributed by atoms with Crippen molar-refractivity contribution < 1.29 is 22.3 Å². The van der Waals surface area contributed by atoms with Crippen molar-refractivity contribution in [3.05, 3.63) is 104 Å². The van der Waals surface area contributed by atoms with E-state index in [0.29, 0.717) is 44.9 Å². The number of benzene rings is 1.